The van der Waals surface area contributed by atoms with E-state index in [9.17, 15) is 4.79 Å². The maximum Gasteiger partial charge on any atom is 0.258 e. The summed E-state index contributed by atoms with van der Waals surface area (Å²) in [6.07, 6.45) is 0.925. The minimum Gasteiger partial charge on any atom is -0.292 e. The molecule has 0 spiro atoms. The molecular formula is C10H18N4O. The van der Waals surface area contributed by atoms with Crippen LogP contribution in [0.3, 0.4) is 0 Å². The number of rotatable bonds is 3. The molecule has 1 aromatic heterocycles. The summed E-state index contributed by atoms with van der Waals surface area (Å²) >= 11 is 0. The normalized spacial score (nSPS) is 12.6. The Bertz CT molecular complexity index is 370. The van der Waals surface area contributed by atoms with Crippen LogP contribution in [0, 0.1) is 13.8 Å². The summed E-state index contributed by atoms with van der Waals surface area (Å²) in [4.78, 5) is 11.4. The molecule has 1 atom stereocenters. The van der Waals surface area contributed by atoms with Crippen molar-refractivity contribution in [3.8, 4) is 0 Å². The van der Waals surface area contributed by atoms with Crippen molar-refractivity contribution in [1.29, 1.82) is 0 Å². The Hall–Kier alpha value is -1.36. The van der Waals surface area contributed by atoms with Crippen LogP contribution in [0.15, 0.2) is 0 Å². The Kier molecular flexibility index (Phi) is 3.47. The maximum atomic E-state index is 11.4. The number of nitrogens with two attached hydrogens (primary N) is 1. The average molecular weight is 210 g/mol. The molecule has 0 aliphatic rings. The molecule has 5 heteroatoms. The minimum atomic E-state index is -0.367. The molecule has 1 aromatic rings. The van der Waals surface area contributed by atoms with Crippen LogP contribution in [-0.2, 0) is 11.2 Å². The molecule has 0 saturated carbocycles. The van der Waals surface area contributed by atoms with Crippen molar-refractivity contribution < 1.29 is 4.79 Å². The van der Waals surface area contributed by atoms with Gasteiger partial charge >= 0.3 is 0 Å². The monoisotopic (exact) mass is 210 g/mol. The Morgan fingerprint density at radius 3 is 2.60 bits per heavy atom. The third-order valence-corrected chi connectivity index (χ3v) is 2.72. The van der Waals surface area contributed by atoms with Crippen molar-refractivity contribution in [2.75, 3.05) is 0 Å². The number of nitrogens with one attached hydrogen (secondary N) is 1. The number of carbonyl (C=O) groups is 1. The zero-order valence-corrected chi connectivity index (χ0v) is 9.66. The number of aromatic nitrogens is 2. The highest BCUT2D eigenvalue weighted by Gasteiger charge is 2.19. The number of hydrogen-bond donors (Lipinski definition) is 2. The zero-order valence-electron chi connectivity index (χ0n) is 9.66. The van der Waals surface area contributed by atoms with Crippen LogP contribution in [0.2, 0.25) is 0 Å². The molecule has 0 aromatic carbocycles. The summed E-state index contributed by atoms with van der Waals surface area (Å²) in [5.41, 5.74) is 5.35. The second-order valence-corrected chi connectivity index (χ2v) is 3.63. The van der Waals surface area contributed by atoms with Gasteiger partial charge in [0.25, 0.3) is 5.91 Å². The van der Waals surface area contributed by atoms with E-state index in [1.807, 2.05) is 13.8 Å². The largest absolute Gasteiger partial charge is 0.292 e. The van der Waals surface area contributed by atoms with Crippen LogP contribution < -0.4 is 11.3 Å². The van der Waals surface area contributed by atoms with Gasteiger partial charge in [-0.15, -0.1) is 0 Å². The molecule has 0 bridgehead atoms. The van der Waals surface area contributed by atoms with Gasteiger partial charge < -0.3 is 0 Å². The van der Waals surface area contributed by atoms with E-state index in [1.165, 1.54) is 5.56 Å². The van der Waals surface area contributed by atoms with Crippen LogP contribution in [0.25, 0.3) is 0 Å². The number of hydrogen-bond acceptors (Lipinski definition) is 3. The van der Waals surface area contributed by atoms with Crippen molar-refractivity contribution in [2.45, 2.75) is 40.2 Å². The molecule has 15 heavy (non-hydrogen) atoms. The summed E-state index contributed by atoms with van der Waals surface area (Å²) < 4.78 is 1.72. The Morgan fingerprint density at radius 2 is 2.20 bits per heavy atom. The first-order valence-corrected chi connectivity index (χ1v) is 5.07. The first-order valence-electron chi connectivity index (χ1n) is 5.07. The third-order valence-electron chi connectivity index (χ3n) is 2.72. The van der Waals surface area contributed by atoms with Crippen molar-refractivity contribution >= 4 is 5.91 Å². The standard InChI is InChI=1S/C10H18N4O/c1-5-9-6(2)13-14(7(9)3)8(4)10(15)12-11/h8H,5,11H2,1-4H3,(H,12,15)/t8-/m0/s1. The van der Waals surface area contributed by atoms with Gasteiger partial charge in [-0.1, -0.05) is 6.92 Å². The topological polar surface area (TPSA) is 72.9 Å². The Labute approximate surface area is 89.6 Å². The van der Waals surface area contributed by atoms with E-state index < -0.39 is 0 Å². The number of nitrogens with zero attached hydrogens (tertiary/aromatic N) is 2. The molecule has 0 unspecified atom stereocenters. The van der Waals surface area contributed by atoms with Gasteiger partial charge in [0.05, 0.1) is 5.69 Å². The fraction of sp³-hybridized carbons (Fsp3) is 0.600. The Morgan fingerprint density at radius 1 is 1.60 bits per heavy atom. The van der Waals surface area contributed by atoms with Crippen LogP contribution in [0.5, 0.6) is 0 Å². The SMILES string of the molecule is CCc1c(C)nn([C@@H](C)C(=O)NN)c1C. The molecule has 1 rings (SSSR count). The zero-order chi connectivity index (χ0) is 11.6. The van der Waals surface area contributed by atoms with E-state index in [1.54, 1.807) is 11.6 Å². The molecule has 0 fully saturated rings. The number of hydrazine groups is 1. The van der Waals surface area contributed by atoms with Gasteiger partial charge in [-0.3, -0.25) is 14.9 Å². The highest BCUT2D eigenvalue weighted by atomic mass is 16.2. The molecule has 0 saturated heterocycles. The first kappa shape index (κ1) is 11.7. The van der Waals surface area contributed by atoms with Crippen LogP contribution in [-0.4, -0.2) is 15.7 Å². The van der Waals surface area contributed by atoms with Gasteiger partial charge in [0.2, 0.25) is 0 Å². The van der Waals surface area contributed by atoms with Crippen molar-refractivity contribution in [3.63, 3.8) is 0 Å². The summed E-state index contributed by atoms with van der Waals surface area (Å²) in [5, 5.41) is 4.35. The third kappa shape index (κ3) is 2.02. The molecule has 84 valence electrons. The van der Waals surface area contributed by atoms with E-state index in [2.05, 4.69) is 17.4 Å². The van der Waals surface area contributed by atoms with E-state index >= 15 is 0 Å². The van der Waals surface area contributed by atoms with E-state index in [0.717, 1.165) is 17.8 Å². The lowest BCUT2D eigenvalue weighted by Crippen LogP contribution is -2.36. The highest BCUT2D eigenvalue weighted by Crippen LogP contribution is 2.17. The van der Waals surface area contributed by atoms with Gasteiger partial charge in [0.15, 0.2) is 0 Å². The number of carbonyl (C=O) groups excluding carboxylic acids is 1. The molecule has 3 N–H and O–H groups in total. The first-order chi connectivity index (χ1) is 7.02. The van der Waals surface area contributed by atoms with Crippen molar-refractivity contribution in [1.82, 2.24) is 15.2 Å². The smallest absolute Gasteiger partial charge is 0.258 e. The van der Waals surface area contributed by atoms with E-state index in [0.29, 0.717) is 0 Å². The quantitative estimate of drug-likeness (QED) is 0.436. The van der Waals surface area contributed by atoms with Crippen molar-refractivity contribution in [2.24, 2.45) is 5.84 Å². The van der Waals surface area contributed by atoms with Crippen molar-refractivity contribution in [3.05, 3.63) is 17.0 Å². The average Bonchev–Trinajstić information content (AvgIpc) is 2.51. The van der Waals surface area contributed by atoms with Gasteiger partial charge in [-0.25, -0.2) is 5.84 Å². The molecule has 0 aliphatic heterocycles. The van der Waals surface area contributed by atoms with Gasteiger partial charge in [-0.05, 0) is 32.8 Å². The number of amides is 1. The number of aryl methyl sites for hydroxylation is 1. The predicted molar refractivity (Wildman–Crippen MR) is 58.1 cm³/mol. The maximum absolute atomic E-state index is 11.4. The molecular weight excluding hydrogens is 192 g/mol. The molecule has 0 aliphatic carbocycles. The van der Waals surface area contributed by atoms with Gasteiger partial charge in [0, 0.05) is 5.69 Å². The summed E-state index contributed by atoms with van der Waals surface area (Å²) in [6.45, 7) is 7.78. The van der Waals surface area contributed by atoms with E-state index in [4.69, 9.17) is 5.84 Å². The molecule has 1 amide bonds. The lowest BCUT2D eigenvalue weighted by Gasteiger charge is -2.12. The Balaban J connectivity index is 3.10. The molecule has 0 radical (unpaired) electrons. The second kappa shape index (κ2) is 4.44. The van der Waals surface area contributed by atoms with Gasteiger partial charge in [-0.2, -0.15) is 5.10 Å². The van der Waals surface area contributed by atoms with Crippen LogP contribution in [0.1, 0.15) is 36.8 Å². The fourth-order valence-electron chi connectivity index (χ4n) is 1.82. The summed E-state index contributed by atoms with van der Waals surface area (Å²) in [7, 11) is 0. The highest BCUT2D eigenvalue weighted by molar-refractivity contribution is 5.79. The minimum absolute atomic E-state index is 0.233. The summed E-state index contributed by atoms with van der Waals surface area (Å²) in [5.74, 6) is 4.86. The van der Waals surface area contributed by atoms with Crippen LogP contribution >= 0.6 is 0 Å². The second-order valence-electron chi connectivity index (χ2n) is 3.63. The predicted octanol–water partition coefficient (Wildman–Crippen LogP) is 0.613. The fourth-order valence-corrected chi connectivity index (χ4v) is 1.82. The van der Waals surface area contributed by atoms with E-state index in [-0.39, 0.29) is 11.9 Å². The lowest BCUT2D eigenvalue weighted by atomic mass is 10.1. The molecule has 1 heterocycles. The van der Waals surface area contributed by atoms with Crippen LogP contribution in [0.4, 0.5) is 0 Å². The lowest BCUT2D eigenvalue weighted by molar-refractivity contribution is -0.124. The molecule has 5 nitrogen and oxygen atoms in total. The van der Waals surface area contributed by atoms with Gasteiger partial charge in [0.1, 0.15) is 6.04 Å². The summed E-state index contributed by atoms with van der Waals surface area (Å²) in [6, 6.07) is -0.367.